The fourth-order valence-electron chi connectivity index (χ4n) is 3.53. The Morgan fingerprint density at radius 3 is 2.30 bits per heavy atom. The van der Waals surface area contributed by atoms with Gasteiger partial charge < -0.3 is 4.74 Å². The average molecular weight is 291 g/mol. The van der Waals surface area contributed by atoms with E-state index in [1.54, 1.807) is 0 Å². The predicted octanol–water partition coefficient (Wildman–Crippen LogP) is 2.99. The molecule has 0 heterocycles. The Hall–Kier alpha value is -1.61. The van der Waals surface area contributed by atoms with Gasteiger partial charge in [-0.05, 0) is 29.5 Å². The van der Waals surface area contributed by atoms with E-state index in [-0.39, 0.29) is 41.0 Å². The lowest BCUT2D eigenvalue weighted by Gasteiger charge is -2.50. The molecule has 0 bridgehead atoms. The van der Waals surface area contributed by atoms with E-state index < -0.39 is 0 Å². The molecule has 104 valence electrons. The molecule has 1 aromatic rings. The van der Waals surface area contributed by atoms with Gasteiger partial charge in [0, 0.05) is 22.9 Å². The molecule has 0 aromatic heterocycles. The normalized spacial score (nSPS) is 32.2. The van der Waals surface area contributed by atoms with Crippen LogP contribution in [0.2, 0.25) is 5.02 Å². The Bertz CT molecular complexity index is 603. The zero-order valence-electron chi connectivity index (χ0n) is 11.3. The largest absolute Gasteiger partial charge is 0.493 e. The number of halogens is 1. The summed E-state index contributed by atoms with van der Waals surface area (Å²) in [5.41, 5.74) is 1.06. The van der Waals surface area contributed by atoms with Gasteiger partial charge in [-0.15, -0.1) is 0 Å². The third-order valence-electron chi connectivity index (χ3n) is 4.53. The monoisotopic (exact) mass is 290 g/mol. The Balaban J connectivity index is 1.96. The van der Waals surface area contributed by atoms with Gasteiger partial charge in [0.2, 0.25) is 5.78 Å². The Kier molecular flexibility index (Phi) is 3.17. The molecule has 0 saturated heterocycles. The summed E-state index contributed by atoms with van der Waals surface area (Å²) in [6, 6.07) is 7.50. The zero-order valence-corrected chi connectivity index (χ0v) is 12.1. The highest BCUT2D eigenvalue weighted by Crippen LogP contribution is 2.55. The molecule has 0 N–H and O–H groups in total. The maximum absolute atomic E-state index is 12.4. The van der Waals surface area contributed by atoms with Crippen LogP contribution in [0.15, 0.2) is 36.1 Å². The third-order valence-corrected chi connectivity index (χ3v) is 4.78. The second-order valence-electron chi connectivity index (χ2n) is 5.47. The zero-order chi connectivity index (χ0) is 14.4. The number of ether oxygens (including phenoxy) is 1. The van der Waals surface area contributed by atoms with Crippen LogP contribution >= 0.6 is 11.6 Å². The van der Waals surface area contributed by atoms with Crippen LogP contribution in [-0.2, 0) is 14.3 Å². The molecule has 0 aliphatic heterocycles. The number of benzene rings is 1. The summed E-state index contributed by atoms with van der Waals surface area (Å²) in [4.78, 5) is 24.5. The van der Waals surface area contributed by atoms with Crippen LogP contribution in [0, 0.1) is 17.8 Å². The molecule has 4 heteroatoms. The summed E-state index contributed by atoms with van der Waals surface area (Å²) in [5.74, 6) is -0.151. The summed E-state index contributed by atoms with van der Waals surface area (Å²) >= 11 is 5.90. The summed E-state index contributed by atoms with van der Waals surface area (Å²) in [6.07, 6.45) is 1.35. The molecule has 3 nitrogen and oxygen atoms in total. The molecule has 0 spiro atoms. The van der Waals surface area contributed by atoms with Crippen LogP contribution in [0.1, 0.15) is 18.4 Å². The van der Waals surface area contributed by atoms with Crippen LogP contribution in [-0.4, -0.2) is 18.7 Å². The lowest BCUT2D eigenvalue weighted by atomic mass is 9.51. The van der Waals surface area contributed by atoms with Crippen molar-refractivity contribution in [2.24, 2.45) is 17.8 Å². The van der Waals surface area contributed by atoms with Crippen LogP contribution in [0.3, 0.4) is 0 Å². The number of Topliss-reactive ketones (excluding diaryl/α,β-unsaturated/α-hetero) is 1. The van der Waals surface area contributed by atoms with Crippen molar-refractivity contribution in [3.05, 3.63) is 46.7 Å². The summed E-state index contributed by atoms with van der Waals surface area (Å²) in [5, 5.41) is 0.667. The molecule has 1 fully saturated rings. The third kappa shape index (κ3) is 1.80. The number of hydrogen-bond donors (Lipinski definition) is 0. The molecule has 2 aliphatic carbocycles. The van der Waals surface area contributed by atoms with Crippen LogP contribution < -0.4 is 0 Å². The fraction of sp³-hybridized carbons (Fsp3) is 0.375. The minimum Gasteiger partial charge on any atom is -0.493 e. The van der Waals surface area contributed by atoms with Gasteiger partial charge in [0.05, 0.1) is 7.11 Å². The van der Waals surface area contributed by atoms with Gasteiger partial charge in [-0.1, -0.05) is 30.7 Å². The maximum atomic E-state index is 12.4. The topological polar surface area (TPSA) is 43.4 Å². The number of fused-ring (bicyclic) bond motifs is 1. The summed E-state index contributed by atoms with van der Waals surface area (Å²) < 4.78 is 5.03. The minimum absolute atomic E-state index is 0.00386. The molecule has 1 aromatic carbocycles. The summed E-state index contributed by atoms with van der Waals surface area (Å²) in [6.45, 7) is 2.03. The molecule has 0 radical (unpaired) electrons. The first kappa shape index (κ1) is 13.4. The molecular weight excluding hydrogens is 276 g/mol. The van der Waals surface area contributed by atoms with Gasteiger partial charge in [-0.25, -0.2) is 0 Å². The van der Waals surface area contributed by atoms with E-state index in [2.05, 4.69) is 0 Å². The maximum Gasteiger partial charge on any atom is 0.201 e. The van der Waals surface area contributed by atoms with Gasteiger partial charge in [0.15, 0.2) is 11.5 Å². The number of carbonyl (C=O) groups excluding carboxylic acids is 2. The van der Waals surface area contributed by atoms with Crippen molar-refractivity contribution in [2.45, 2.75) is 12.8 Å². The number of allylic oxidation sites excluding steroid dienone is 2. The van der Waals surface area contributed by atoms with E-state index in [1.165, 1.54) is 13.2 Å². The highest BCUT2D eigenvalue weighted by atomic mass is 35.5. The molecule has 20 heavy (non-hydrogen) atoms. The first-order chi connectivity index (χ1) is 9.54. The number of ketones is 2. The van der Waals surface area contributed by atoms with E-state index in [4.69, 9.17) is 16.3 Å². The van der Waals surface area contributed by atoms with E-state index in [1.807, 2.05) is 31.2 Å². The van der Waals surface area contributed by atoms with Gasteiger partial charge in [0.1, 0.15) is 0 Å². The lowest BCUT2D eigenvalue weighted by Crippen LogP contribution is -2.53. The fourth-order valence-corrected chi connectivity index (χ4v) is 3.66. The molecule has 0 amide bonds. The van der Waals surface area contributed by atoms with E-state index in [0.717, 1.165) is 5.56 Å². The second kappa shape index (κ2) is 4.74. The van der Waals surface area contributed by atoms with Crippen molar-refractivity contribution in [3.63, 3.8) is 0 Å². The van der Waals surface area contributed by atoms with Crippen molar-refractivity contribution >= 4 is 23.2 Å². The SMILES string of the molecule is COC1=CC(=O)C2C(C1=O)[C@H](c1ccc(Cl)cc1)[C@H]2C. The lowest BCUT2D eigenvalue weighted by molar-refractivity contribution is -0.144. The van der Waals surface area contributed by atoms with Crippen LogP contribution in [0.5, 0.6) is 0 Å². The van der Waals surface area contributed by atoms with Gasteiger partial charge in [0.25, 0.3) is 0 Å². The first-order valence-corrected chi connectivity index (χ1v) is 7.01. The Morgan fingerprint density at radius 2 is 1.70 bits per heavy atom. The predicted molar refractivity (Wildman–Crippen MR) is 75.4 cm³/mol. The molecule has 3 rings (SSSR count). The smallest absolute Gasteiger partial charge is 0.201 e. The van der Waals surface area contributed by atoms with E-state index in [9.17, 15) is 9.59 Å². The van der Waals surface area contributed by atoms with E-state index in [0.29, 0.717) is 5.02 Å². The van der Waals surface area contributed by atoms with Crippen molar-refractivity contribution < 1.29 is 14.3 Å². The van der Waals surface area contributed by atoms with Crippen LogP contribution in [0.4, 0.5) is 0 Å². The Labute approximate surface area is 122 Å². The van der Waals surface area contributed by atoms with Crippen molar-refractivity contribution in [2.75, 3.05) is 7.11 Å². The second-order valence-corrected chi connectivity index (χ2v) is 5.90. The highest BCUT2D eigenvalue weighted by Gasteiger charge is 2.57. The minimum atomic E-state index is -0.293. The number of carbonyl (C=O) groups is 2. The van der Waals surface area contributed by atoms with Gasteiger partial charge in [-0.2, -0.15) is 0 Å². The van der Waals surface area contributed by atoms with Crippen molar-refractivity contribution in [3.8, 4) is 0 Å². The number of rotatable bonds is 2. The quantitative estimate of drug-likeness (QED) is 0.841. The van der Waals surface area contributed by atoms with Crippen molar-refractivity contribution in [1.29, 1.82) is 0 Å². The van der Waals surface area contributed by atoms with E-state index >= 15 is 0 Å². The Morgan fingerprint density at radius 1 is 1.05 bits per heavy atom. The first-order valence-electron chi connectivity index (χ1n) is 6.64. The number of methoxy groups -OCH3 is 1. The molecular formula is C16H15ClO3. The van der Waals surface area contributed by atoms with Crippen molar-refractivity contribution in [1.82, 2.24) is 0 Å². The molecule has 2 unspecified atom stereocenters. The van der Waals surface area contributed by atoms with Crippen LogP contribution in [0.25, 0.3) is 0 Å². The average Bonchev–Trinajstić information content (AvgIpc) is 2.43. The molecule has 2 aliphatic rings. The summed E-state index contributed by atoms with van der Waals surface area (Å²) in [7, 11) is 1.43. The highest BCUT2D eigenvalue weighted by molar-refractivity contribution is 6.30. The molecule has 1 saturated carbocycles. The number of hydrogen-bond acceptors (Lipinski definition) is 3. The van der Waals surface area contributed by atoms with Gasteiger partial charge in [-0.3, -0.25) is 9.59 Å². The standard InChI is InChI=1S/C16H15ClO3/c1-8-13(9-3-5-10(17)6-4-9)15-14(8)11(18)7-12(20-2)16(15)19/h3-8,13-15H,1-2H3/t8-,13+,14?,15?/m1/s1. The van der Waals surface area contributed by atoms with Gasteiger partial charge >= 0.3 is 0 Å². The molecule has 4 atom stereocenters.